The average Bonchev–Trinajstić information content (AvgIpc) is 3.50. The van der Waals surface area contributed by atoms with Crippen LogP contribution in [0.2, 0.25) is 0 Å². The second kappa shape index (κ2) is 8.46. The summed E-state index contributed by atoms with van der Waals surface area (Å²) >= 11 is 0. The maximum Gasteiger partial charge on any atom is 0.410 e. The van der Waals surface area contributed by atoms with Crippen LogP contribution in [-0.4, -0.2) is 72.4 Å². The first-order valence-corrected chi connectivity index (χ1v) is 11.2. The van der Waals surface area contributed by atoms with Crippen molar-refractivity contribution in [2.45, 2.75) is 32.7 Å². The maximum atomic E-state index is 12.2. The summed E-state index contributed by atoms with van der Waals surface area (Å²) in [5, 5.41) is 7.09. The van der Waals surface area contributed by atoms with Gasteiger partial charge in [-0.1, -0.05) is 5.16 Å². The highest BCUT2D eigenvalue weighted by Gasteiger charge is 2.37. The smallest absolute Gasteiger partial charge is 0.410 e. The molecule has 1 aromatic heterocycles. The molecule has 0 radical (unpaired) electrons. The van der Waals surface area contributed by atoms with Gasteiger partial charge in [-0.2, -0.15) is 0 Å². The average molecular weight is 441 g/mol. The largest absolute Gasteiger partial charge is 0.492 e. The number of hydrogen-bond donors (Lipinski definition) is 1. The van der Waals surface area contributed by atoms with Gasteiger partial charge < -0.3 is 19.3 Å². The SMILES string of the molecule is Cc1noc(C)c1-c1cc(NC(=O)C2CC2)ccc1OCCN1CCN2C(=O)OCC2C1. The number of piperazine rings is 1. The number of ether oxygens (including phenoxy) is 2. The van der Waals surface area contributed by atoms with Gasteiger partial charge in [0.15, 0.2) is 0 Å². The van der Waals surface area contributed by atoms with Crippen LogP contribution in [-0.2, 0) is 9.53 Å². The van der Waals surface area contributed by atoms with Crippen LogP contribution >= 0.6 is 0 Å². The van der Waals surface area contributed by atoms with Crippen molar-refractivity contribution in [3.8, 4) is 16.9 Å². The predicted molar refractivity (Wildman–Crippen MR) is 117 cm³/mol. The fourth-order valence-corrected chi connectivity index (χ4v) is 4.43. The highest BCUT2D eigenvalue weighted by Crippen LogP contribution is 2.37. The van der Waals surface area contributed by atoms with Crippen molar-refractivity contribution < 1.29 is 23.6 Å². The lowest BCUT2D eigenvalue weighted by molar-refractivity contribution is -0.117. The number of anilines is 1. The van der Waals surface area contributed by atoms with Gasteiger partial charge in [0.1, 0.15) is 24.7 Å². The van der Waals surface area contributed by atoms with Gasteiger partial charge in [-0.15, -0.1) is 0 Å². The second-order valence-electron chi connectivity index (χ2n) is 8.75. The summed E-state index contributed by atoms with van der Waals surface area (Å²) in [7, 11) is 0. The number of fused-ring (bicyclic) bond motifs is 1. The molecule has 2 amide bonds. The highest BCUT2D eigenvalue weighted by molar-refractivity contribution is 5.95. The highest BCUT2D eigenvalue weighted by atomic mass is 16.6. The van der Waals surface area contributed by atoms with E-state index in [-0.39, 0.29) is 24.0 Å². The number of aryl methyl sites for hydroxylation is 2. The first-order valence-electron chi connectivity index (χ1n) is 11.2. The van der Waals surface area contributed by atoms with E-state index in [1.54, 1.807) is 0 Å². The fourth-order valence-electron chi connectivity index (χ4n) is 4.43. The van der Waals surface area contributed by atoms with Crippen LogP contribution in [0, 0.1) is 19.8 Å². The third-order valence-electron chi connectivity index (χ3n) is 6.36. The molecule has 2 aromatic rings. The number of amides is 2. The lowest BCUT2D eigenvalue weighted by Gasteiger charge is -2.35. The van der Waals surface area contributed by atoms with Crippen molar-refractivity contribution in [2.24, 2.45) is 5.92 Å². The van der Waals surface area contributed by atoms with Gasteiger partial charge in [0.05, 0.1) is 17.3 Å². The second-order valence-corrected chi connectivity index (χ2v) is 8.75. The third-order valence-corrected chi connectivity index (χ3v) is 6.36. The molecule has 1 saturated carbocycles. The Kier molecular flexibility index (Phi) is 5.50. The van der Waals surface area contributed by atoms with Gasteiger partial charge in [-0.25, -0.2) is 4.79 Å². The van der Waals surface area contributed by atoms with Gasteiger partial charge in [0, 0.05) is 43.3 Å². The maximum absolute atomic E-state index is 12.2. The van der Waals surface area contributed by atoms with E-state index in [0.29, 0.717) is 25.5 Å². The summed E-state index contributed by atoms with van der Waals surface area (Å²) in [6.07, 6.45) is 1.71. The number of cyclic esters (lactones) is 1. The molecule has 9 nitrogen and oxygen atoms in total. The first kappa shape index (κ1) is 20.8. The van der Waals surface area contributed by atoms with Crippen molar-refractivity contribution in [3.63, 3.8) is 0 Å². The third kappa shape index (κ3) is 4.17. The number of benzene rings is 1. The molecule has 3 aliphatic rings. The molecule has 2 aliphatic heterocycles. The van der Waals surface area contributed by atoms with E-state index in [2.05, 4.69) is 15.4 Å². The number of nitrogens with one attached hydrogen (secondary N) is 1. The molecular formula is C23H28N4O5. The Morgan fingerprint density at radius 3 is 2.88 bits per heavy atom. The van der Waals surface area contributed by atoms with Crippen molar-refractivity contribution >= 4 is 17.7 Å². The Balaban J connectivity index is 1.28. The van der Waals surface area contributed by atoms with E-state index in [9.17, 15) is 9.59 Å². The van der Waals surface area contributed by atoms with Crippen LogP contribution in [0.3, 0.4) is 0 Å². The number of carbonyl (C=O) groups excluding carboxylic acids is 2. The van der Waals surface area contributed by atoms with Crippen molar-refractivity contribution in [1.82, 2.24) is 15.0 Å². The van der Waals surface area contributed by atoms with Gasteiger partial charge in [-0.05, 0) is 44.9 Å². The zero-order valence-electron chi connectivity index (χ0n) is 18.4. The zero-order valence-corrected chi connectivity index (χ0v) is 18.4. The molecule has 1 N–H and O–H groups in total. The number of hydrogen-bond acceptors (Lipinski definition) is 7. The Labute approximate surface area is 186 Å². The first-order chi connectivity index (χ1) is 15.5. The molecule has 0 spiro atoms. The Bertz CT molecular complexity index is 1010. The van der Waals surface area contributed by atoms with E-state index < -0.39 is 0 Å². The van der Waals surface area contributed by atoms with Crippen LogP contribution < -0.4 is 10.1 Å². The fraction of sp³-hybridized carbons (Fsp3) is 0.522. The van der Waals surface area contributed by atoms with Crippen LogP contribution in [0.4, 0.5) is 10.5 Å². The molecule has 1 aliphatic carbocycles. The van der Waals surface area contributed by atoms with Gasteiger partial charge in [0.25, 0.3) is 0 Å². The number of carbonyl (C=O) groups is 2. The Morgan fingerprint density at radius 2 is 2.12 bits per heavy atom. The van der Waals surface area contributed by atoms with Gasteiger partial charge >= 0.3 is 6.09 Å². The van der Waals surface area contributed by atoms with Gasteiger partial charge in [-0.3, -0.25) is 14.6 Å². The molecule has 9 heteroatoms. The zero-order chi connectivity index (χ0) is 22.2. The quantitative estimate of drug-likeness (QED) is 0.707. The molecule has 1 aromatic carbocycles. The molecule has 1 unspecified atom stereocenters. The molecule has 2 saturated heterocycles. The summed E-state index contributed by atoms with van der Waals surface area (Å²) in [5.41, 5.74) is 3.26. The van der Waals surface area contributed by atoms with E-state index in [1.807, 2.05) is 36.9 Å². The molecule has 5 rings (SSSR count). The summed E-state index contributed by atoms with van der Waals surface area (Å²) in [4.78, 5) is 28.0. The van der Waals surface area contributed by atoms with Crippen LogP contribution in [0.15, 0.2) is 22.7 Å². The summed E-state index contributed by atoms with van der Waals surface area (Å²) < 4.78 is 16.7. The standard InChI is InChI=1S/C23H28N4O5/c1-14-21(15(2)32-25-14)19-11-17(24-22(28)16-3-4-16)5-6-20(19)30-10-9-26-7-8-27-18(12-26)13-31-23(27)29/h5-6,11,16,18H,3-4,7-10,12-13H2,1-2H3,(H,24,28). The molecule has 0 bridgehead atoms. The summed E-state index contributed by atoms with van der Waals surface area (Å²) in [5.74, 6) is 1.63. The van der Waals surface area contributed by atoms with E-state index in [1.165, 1.54) is 0 Å². The summed E-state index contributed by atoms with van der Waals surface area (Å²) in [6.45, 7) is 7.76. The minimum absolute atomic E-state index is 0.0666. The van der Waals surface area contributed by atoms with E-state index >= 15 is 0 Å². The van der Waals surface area contributed by atoms with Crippen molar-refractivity contribution in [2.75, 3.05) is 44.7 Å². The van der Waals surface area contributed by atoms with Crippen molar-refractivity contribution in [1.29, 1.82) is 0 Å². The molecule has 1 atom stereocenters. The minimum atomic E-state index is -0.205. The van der Waals surface area contributed by atoms with Crippen LogP contribution in [0.25, 0.3) is 11.1 Å². The van der Waals surface area contributed by atoms with Crippen molar-refractivity contribution in [3.05, 3.63) is 29.7 Å². The summed E-state index contributed by atoms with van der Waals surface area (Å²) in [6, 6.07) is 5.83. The lowest BCUT2D eigenvalue weighted by Crippen LogP contribution is -2.52. The Morgan fingerprint density at radius 1 is 1.28 bits per heavy atom. The molecule has 170 valence electrons. The minimum Gasteiger partial charge on any atom is -0.492 e. The van der Waals surface area contributed by atoms with E-state index in [0.717, 1.165) is 60.7 Å². The van der Waals surface area contributed by atoms with Crippen LogP contribution in [0.1, 0.15) is 24.3 Å². The molecule has 32 heavy (non-hydrogen) atoms. The van der Waals surface area contributed by atoms with E-state index in [4.69, 9.17) is 14.0 Å². The van der Waals surface area contributed by atoms with Gasteiger partial charge in [0.2, 0.25) is 5.91 Å². The predicted octanol–water partition coefficient (Wildman–Crippen LogP) is 2.82. The number of nitrogens with zero attached hydrogens (tertiary/aromatic N) is 3. The molecule has 3 fully saturated rings. The topological polar surface area (TPSA) is 97.1 Å². The molecule has 3 heterocycles. The monoisotopic (exact) mass is 440 g/mol. The molecular weight excluding hydrogens is 412 g/mol. The van der Waals surface area contributed by atoms with Crippen LogP contribution in [0.5, 0.6) is 5.75 Å². The Hall–Kier alpha value is -3.07. The lowest BCUT2D eigenvalue weighted by atomic mass is 10.0. The number of rotatable bonds is 7. The number of aromatic nitrogens is 1. The normalized spacial score (nSPS) is 20.8.